The van der Waals surface area contributed by atoms with E-state index in [0.29, 0.717) is 6.54 Å². The molecule has 0 aliphatic heterocycles. The molecule has 0 unspecified atom stereocenters. The molecule has 0 aromatic heterocycles. The zero-order valence-corrected chi connectivity index (χ0v) is 16.8. The van der Waals surface area contributed by atoms with Gasteiger partial charge < -0.3 is 16.0 Å². The molecule has 0 radical (unpaired) electrons. The molecule has 138 valence electrons. The molecule has 6 heteroatoms. The fourth-order valence-electron chi connectivity index (χ4n) is 2.28. The van der Waals surface area contributed by atoms with Crippen molar-refractivity contribution in [3.63, 3.8) is 0 Å². The predicted octanol–water partition coefficient (Wildman–Crippen LogP) is 4.60. The molecular weight excluding hydrogens is 394 g/mol. The Kier molecular flexibility index (Phi) is 7.21. The van der Waals surface area contributed by atoms with Crippen LogP contribution in [0.4, 0.5) is 10.5 Å². The monoisotopic (exact) mass is 417 g/mol. The van der Waals surface area contributed by atoms with Gasteiger partial charge in [-0.1, -0.05) is 54.0 Å². The molecular formula is C20H24BrN3O2. The number of urea groups is 1. The first-order chi connectivity index (χ1) is 12.3. The van der Waals surface area contributed by atoms with E-state index in [9.17, 15) is 9.59 Å². The molecule has 3 amide bonds. The lowest BCUT2D eigenvalue weighted by Gasteiger charge is -2.15. The van der Waals surface area contributed by atoms with E-state index in [1.54, 1.807) is 0 Å². The largest absolute Gasteiger partial charge is 0.334 e. The van der Waals surface area contributed by atoms with E-state index in [1.807, 2.05) is 69.3 Å². The summed E-state index contributed by atoms with van der Waals surface area (Å²) in [5.41, 5.74) is 2.73. The van der Waals surface area contributed by atoms with Crippen LogP contribution in [-0.4, -0.2) is 11.9 Å². The van der Waals surface area contributed by atoms with Crippen LogP contribution in [0, 0.1) is 5.92 Å². The van der Waals surface area contributed by atoms with Gasteiger partial charge in [-0.2, -0.15) is 0 Å². The zero-order chi connectivity index (χ0) is 19.1. The van der Waals surface area contributed by atoms with Crippen molar-refractivity contribution in [1.29, 1.82) is 0 Å². The Labute approximate surface area is 162 Å². The molecule has 2 rings (SSSR count). The summed E-state index contributed by atoms with van der Waals surface area (Å²) in [4.78, 5) is 23.8. The highest BCUT2D eigenvalue weighted by molar-refractivity contribution is 9.10. The maximum absolute atomic E-state index is 12.1. The first kappa shape index (κ1) is 20.0. The average molecular weight is 418 g/mol. The SMILES string of the molecule is CC(C)C(=O)Nc1ccc(CNC(=O)N[C@@H](C)c2cccc(Br)c2)cc1. The molecule has 0 saturated heterocycles. The number of carbonyl (C=O) groups excluding carboxylic acids is 2. The van der Waals surface area contributed by atoms with Gasteiger partial charge in [-0.3, -0.25) is 4.79 Å². The van der Waals surface area contributed by atoms with Gasteiger partial charge in [-0.25, -0.2) is 4.79 Å². The van der Waals surface area contributed by atoms with Gasteiger partial charge in [0.15, 0.2) is 0 Å². The minimum Gasteiger partial charge on any atom is -0.334 e. The van der Waals surface area contributed by atoms with E-state index in [1.165, 1.54) is 0 Å². The maximum Gasteiger partial charge on any atom is 0.315 e. The molecule has 0 saturated carbocycles. The predicted molar refractivity (Wildman–Crippen MR) is 108 cm³/mol. The van der Waals surface area contributed by atoms with Gasteiger partial charge in [0, 0.05) is 22.6 Å². The van der Waals surface area contributed by atoms with Crippen molar-refractivity contribution >= 4 is 33.6 Å². The lowest BCUT2D eigenvalue weighted by atomic mass is 10.1. The van der Waals surface area contributed by atoms with Crippen molar-refractivity contribution in [3.8, 4) is 0 Å². The van der Waals surface area contributed by atoms with Gasteiger partial charge >= 0.3 is 6.03 Å². The summed E-state index contributed by atoms with van der Waals surface area (Å²) < 4.78 is 0.980. The zero-order valence-electron chi connectivity index (χ0n) is 15.2. The number of hydrogen-bond donors (Lipinski definition) is 3. The average Bonchev–Trinajstić information content (AvgIpc) is 2.61. The summed E-state index contributed by atoms with van der Waals surface area (Å²) in [7, 11) is 0. The fraction of sp³-hybridized carbons (Fsp3) is 0.300. The quantitative estimate of drug-likeness (QED) is 0.642. The van der Waals surface area contributed by atoms with Crippen LogP contribution >= 0.6 is 15.9 Å². The molecule has 0 heterocycles. The molecule has 5 nitrogen and oxygen atoms in total. The lowest BCUT2D eigenvalue weighted by Crippen LogP contribution is -2.36. The Morgan fingerprint density at radius 1 is 1.04 bits per heavy atom. The smallest absolute Gasteiger partial charge is 0.315 e. The van der Waals surface area contributed by atoms with Crippen LogP contribution < -0.4 is 16.0 Å². The number of benzene rings is 2. The van der Waals surface area contributed by atoms with E-state index in [2.05, 4.69) is 31.9 Å². The molecule has 26 heavy (non-hydrogen) atoms. The normalized spacial score (nSPS) is 11.7. The summed E-state index contributed by atoms with van der Waals surface area (Å²) in [6.07, 6.45) is 0. The van der Waals surface area contributed by atoms with E-state index in [-0.39, 0.29) is 23.9 Å². The molecule has 0 spiro atoms. The minimum atomic E-state index is -0.227. The van der Waals surface area contributed by atoms with Crippen LogP contribution in [0.2, 0.25) is 0 Å². The van der Waals surface area contributed by atoms with Crippen molar-refractivity contribution in [1.82, 2.24) is 10.6 Å². The molecule has 2 aromatic rings. The summed E-state index contributed by atoms with van der Waals surface area (Å²) in [5, 5.41) is 8.60. The van der Waals surface area contributed by atoms with E-state index in [4.69, 9.17) is 0 Å². The molecule has 0 aliphatic rings. The second-order valence-electron chi connectivity index (χ2n) is 6.44. The molecule has 2 aromatic carbocycles. The van der Waals surface area contributed by atoms with Gasteiger partial charge in [0.05, 0.1) is 6.04 Å². The van der Waals surface area contributed by atoms with Crippen LogP contribution in [0.25, 0.3) is 0 Å². The van der Waals surface area contributed by atoms with Crippen LogP contribution in [0.3, 0.4) is 0 Å². The van der Waals surface area contributed by atoms with Gasteiger partial charge in [0.2, 0.25) is 5.91 Å². The summed E-state index contributed by atoms with van der Waals surface area (Å²) in [6, 6.07) is 14.9. The van der Waals surface area contributed by atoms with Gasteiger partial charge in [-0.05, 0) is 42.3 Å². The summed E-state index contributed by atoms with van der Waals surface area (Å²) in [5.74, 6) is -0.0796. The van der Waals surface area contributed by atoms with Crippen molar-refractivity contribution in [3.05, 3.63) is 64.1 Å². The van der Waals surface area contributed by atoms with Gasteiger partial charge in [-0.15, -0.1) is 0 Å². The summed E-state index contributed by atoms with van der Waals surface area (Å²) in [6.45, 7) is 6.05. The molecule has 0 fully saturated rings. The molecule has 0 bridgehead atoms. The van der Waals surface area contributed by atoms with E-state index < -0.39 is 0 Å². The van der Waals surface area contributed by atoms with Crippen LogP contribution in [0.15, 0.2) is 53.0 Å². The Balaban J connectivity index is 1.82. The highest BCUT2D eigenvalue weighted by atomic mass is 79.9. The number of anilines is 1. The van der Waals surface area contributed by atoms with Crippen molar-refractivity contribution in [2.24, 2.45) is 5.92 Å². The topological polar surface area (TPSA) is 70.2 Å². The number of halogens is 1. The third-order valence-corrected chi connectivity index (χ3v) is 4.39. The Morgan fingerprint density at radius 2 is 1.73 bits per heavy atom. The van der Waals surface area contributed by atoms with Crippen LogP contribution in [0.5, 0.6) is 0 Å². The molecule has 0 aliphatic carbocycles. The maximum atomic E-state index is 12.1. The number of rotatable bonds is 6. The third kappa shape index (κ3) is 6.19. The second-order valence-corrected chi connectivity index (χ2v) is 7.36. The standard InChI is InChI=1S/C20H24BrN3O2/c1-13(2)19(25)24-18-9-7-15(8-10-18)12-22-20(26)23-14(3)16-5-4-6-17(21)11-16/h4-11,13-14H,12H2,1-3H3,(H,24,25)(H2,22,23,26)/t14-/m0/s1. The Hall–Kier alpha value is -2.34. The Bertz CT molecular complexity index is 760. The second kappa shape index (κ2) is 9.38. The van der Waals surface area contributed by atoms with Crippen LogP contribution in [-0.2, 0) is 11.3 Å². The summed E-state index contributed by atoms with van der Waals surface area (Å²) >= 11 is 3.43. The number of hydrogen-bond acceptors (Lipinski definition) is 2. The number of carbonyl (C=O) groups is 2. The number of nitrogens with one attached hydrogen (secondary N) is 3. The van der Waals surface area contributed by atoms with Gasteiger partial charge in [0.25, 0.3) is 0 Å². The van der Waals surface area contributed by atoms with Crippen molar-refractivity contribution < 1.29 is 9.59 Å². The highest BCUT2D eigenvalue weighted by Crippen LogP contribution is 2.17. The first-order valence-corrected chi connectivity index (χ1v) is 9.34. The lowest BCUT2D eigenvalue weighted by molar-refractivity contribution is -0.118. The fourth-order valence-corrected chi connectivity index (χ4v) is 2.70. The van der Waals surface area contributed by atoms with E-state index in [0.717, 1.165) is 21.3 Å². The first-order valence-electron chi connectivity index (χ1n) is 8.55. The Morgan fingerprint density at radius 3 is 2.35 bits per heavy atom. The van der Waals surface area contributed by atoms with Gasteiger partial charge in [0.1, 0.15) is 0 Å². The highest BCUT2D eigenvalue weighted by Gasteiger charge is 2.10. The van der Waals surface area contributed by atoms with Crippen molar-refractivity contribution in [2.75, 3.05) is 5.32 Å². The molecule has 3 N–H and O–H groups in total. The minimum absolute atomic E-state index is 0.0169. The molecule has 1 atom stereocenters. The van der Waals surface area contributed by atoms with Crippen LogP contribution in [0.1, 0.15) is 37.9 Å². The number of amides is 3. The van der Waals surface area contributed by atoms with Crippen molar-refractivity contribution in [2.45, 2.75) is 33.4 Å². The third-order valence-electron chi connectivity index (χ3n) is 3.90. The van der Waals surface area contributed by atoms with E-state index >= 15 is 0 Å².